The van der Waals surface area contributed by atoms with Gasteiger partial charge in [0.2, 0.25) is 0 Å². The number of carbonyl (C=O) groups is 2. The van der Waals surface area contributed by atoms with Crippen LogP contribution < -0.4 is 14.4 Å². The summed E-state index contributed by atoms with van der Waals surface area (Å²) >= 11 is 0. The molecule has 0 radical (unpaired) electrons. The summed E-state index contributed by atoms with van der Waals surface area (Å²) in [5.41, 5.74) is 0.446. The first-order valence-electron chi connectivity index (χ1n) is 9.80. The number of amides is 1. The molecule has 4 rings (SSSR count). The van der Waals surface area contributed by atoms with Crippen LogP contribution in [0.1, 0.15) is 17.2 Å². The number of hydrogen-bond acceptors (Lipinski definition) is 5. The van der Waals surface area contributed by atoms with Gasteiger partial charge in [-0.2, -0.15) is 0 Å². The zero-order chi connectivity index (χ0) is 22.8. The average molecular weight is 433 g/mol. The van der Waals surface area contributed by atoms with Crippen molar-refractivity contribution in [2.45, 2.75) is 6.04 Å². The lowest BCUT2D eigenvalue weighted by molar-refractivity contribution is -0.132. The number of methoxy groups -OCH3 is 2. The number of rotatable bonds is 5. The fraction of sp³-hybridized carbons (Fsp3) is 0.120. The monoisotopic (exact) mass is 433 g/mol. The van der Waals surface area contributed by atoms with Gasteiger partial charge in [-0.15, -0.1) is 0 Å². The second kappa shape index (κ2) is 8.55. The van der Waals surface area contributed by atoms with Gasteiger partial charge >= 0.3 is 0 Å². The van der Waals surface area contributed by atoms with E-state index >= 15 is 0 Å². The number of nitrogens with zero attached hydrogens (tertiary/aromatic N) is 1. The molecule has 7 heteroatoms. The van der Waals surface area contributed by atoms with Gasteiger partial charge in [-0.25, -0.2) is 4.39 Å². The number of carbonyl (C=O) groups excluding carboxylic acids is 2. The van der Waals surface area contributed by atoms with Crippen LogP contribution in [0, 0.1) is 5.82 Å². The van der Waals surface area contributed by atoms with Crippen molar-refractivity contribution in [1.82, 2.24) is 0 Å². The van der Waals surface area contributed by atoms with E-state index in [1.807, 2.05) is 0 Å². The molecule has 0 saturated carbocycles. The maximum Gasteiger partial charge on any atom is 0.300 e. The summed E-state index contributed by atoms with van der Waals surface area (Å²) in [6.07, 6.45) is 0. The van der Waals surface area contributed by atoms with E-state index < -0.39 is 29.3 Å². The minimum atomic E-state index is -1.16. The molecule has 32 heavy (non-hydrogen) atoms. The van der Waals surface area contributed by atoms with Crippen LogP contribution in [-0.2, 0) is 9.59 Å². The molecule has 162 valence electrons. The minimum Gasteiger partial charge on any atom is -0.507 e. The third-order valence-electron chi connectivity index (χ3n) is 5.34. The number of aliphatic hydroxyl groups excluding tert-OH is 1. The molecule has 0 spiro atoms. The van der Waals surface area contributed by atoms with Crippen molar-refractivity contribution in [2.75, 3.05) is 19.1 Å². The number of aliphatic hydroxyl groups is 1. The van der Waals surface area contributed by atoms with Gasteiger partial charge in [-0.05, 0) is 30.3 Å². The van der Waals surface area contributed by atoms with Crippen LogP contribution in [-0.4, -0.2) is 31.0 Å². The molecule has 1 amide bonds. The van der Waals surface area contributed by atoms with Crippen molar-refractivity contribution in [3.8, 4) is 11.5 Å². The highest BCUT2D eigenvalue weighted by molar-refractivity contribution is 6.51. The summed E-state index contributed by atoms with van der Waals surface area (Å²) in [7, 11) is 2.89. The Morgan fingerprint density at radius 3 is 2.28 bits per heavy atom. The largest absolute Gasteiger partial charge is 0.507 e. The number of halogens is 1. The lowest BCUT2D eigenvalue weighted by Crippen LogP contribution is -2.29. The van der Waals surface area contributed by atoms with Crippen LogP contribution in [0.4, 0.5) is 10.1 Å². The van der Waals surface area contributed by atoms with Gasteiger partial charge in [0.15, 0.2) is 0 Å². The van der Waals surface area contributed by atoms with Crippen molar-refractivity contribution in [2.24, 2.45) is 0 Å². The molecule has 0 aromatic heterocycles. The molecule has 1 unspecified atom stereocenters. The van der Waals surface area contributed by atoms with Gasteiger partial charge in [0.05, 0.1) is 31.4 Å². The minimum absolute atomic E-state index is 0.0876. The Labute approximate surface area is 184 Å². The van der Waals surface area contributed by atoms with E-state index in [2.05, 4.69) is 0 Å². The van der Waals surface area contributed by atoms with Crippen molar-refractivity contribution in [3.05, 3.63) is 95.3 Å². The summed E-state index contributed by atoms with van der Waals surface area (Å²) in [5.74, 6) is -2.13. The summed E-state index contributed by atoms with van der Waals surface area (Å²) < 4.78 is 25.4. The van der Waals surface area contributed by atoms with Crippen molar-refractivity contribution in [1.29, 1.82) is 0 Å². The second-order valence-electron chi connectivity index (χ2n) is 7.09. The van der Waals surface area contributed by atoms with Crippen LogP contribution in [0.2, 0.25) is 0 Å². The van der Waals surface area contributed by atoms with E-state index in [4.69, 9.17) is 9.47 Å². The number of anilines is 1. The second-order valence-corrected chi connectivity index (χ2v) is 7.09. The smallest absolute Gasteiger partial charge is 0.300 e. The molecule has 6 nitrogen and oxygen atoms in total. The maximum atomic E-state index is 14.9. The molecule has 1 N–H and O–H groups in total. The van der Waals surface area contributed by atoms with E-state index in [9.17, 15) is 19.1 Å². The molecule has 1 atom stereocenters. The Hall–Kier alpha value is -4.13. The fourth-order valence-electron chi connectivity index (χ4n) is 3.82. The number of ketones is 1. The molecule has 1 heterocycles. The molecule has 1 aliphatic rings. The van der Waals surface area contributed by atoms with Crippen LogP contribution in [0.3, 0.4) is 0 Å². The van der Waals surface area contributed by atoms with E-state index in [1.54, 1.807) is 48.5 Å². The molecule has 0 bridgehead atoms. The molecular formula is C25H20FNO5. The summed E-state index contributed by atoms with van der Waals surface area (Å²) in [6, 6.07) is 17.8. The number of para-hydroxylation sites is 1. The summed E-state index contributed by atoms with van der Waals surface area (Å²) in [4.78, 5) is 27.4. The Kier molecular flexibility index (Phi) is 5.64. The Morgan fingerprint density at radius 2 is 1.62 bits per heavy atom. The zero-order valence-corrected chi connectivity index (χ0v) is 17.4. The average Bonchev–Trinajstić information content (AvgIpc) is 3.09. The topological polar surface area (TPSA) is 76.1 Å². The highest BCUT2D eigenvalue weighted by atomic mass is 19.1. The third-order valence-corrected chi connectivity index (χ3v) is 5.34. The lowest BCUT2D eigenvalue weighted by atomic mass is 9.94. The van der Waals surface area contributed by atoms with E-state index in [0.717, 1.165) is 0 Å². The predicted octanol–water partition coefficient (Wildman–Crippen LogP) is 4.47. The lowest BCUT2D eigenvalue weighted by Gasteiger charge is -2.25. The number of benzene rings is 3. The Morgan fingerprint density at radius 1 is 0.938 bits per heavy atom. The van der Waals surface area contributed by atoms with Crippen LogP contribution in [0.15, 0.2) is 78.4 Å². The molecule has 0 aliphatic carbocycles. The molecule has 3 aromatic carbocycles. The molecule has 1 aliphatic heterocycles. The van der Waals surface area contributed by atoms with Crippen molar-refractivity contribution < 1.29 is 28.6 Å². The Bertz CT molecular complexity index is 1220. The van der Waals surface area contributed by atoms with Gasteiger partial charge in [0, 0.05) is 17.3 Å². The van der Waals surface area contributed by atoms with Gasteiger partial charge in [0.1, 0.15) is 23.1 Å². The SMILES string of the molecule is COc1ccc(/C(O)=C2\C(=O)C(=O)N(c3ccccc3)C2c2ccccc2F)c(OC)c1. The van der Waals surface area contributed by atoms with Gasteiger partial charge in [-0.3, -0.25) is 14.5 Å². The van der Waals surface area contributed by atoms with Crippen LogP contribution in [0.25, 0.3) is 5.76 Å². The molecule has 1 saturated heterocycles. The van der Waals surface area contributed by atoms with Gasteiger partial charge < -0.3 is 14.6 Å². The number of ether oxygens (including phenoxy) is 2. The number of Topliss-reactive ketones (excluding diaryl/α,β-unsaturated/α-hetero) is 1. The van der Waals surface area contributed by atoms with Gasteiger partial charge in [-0.1, -0.05) is 36.4 Å². The standard InChI is InChI=1S/C25H20FNO5/c1-31-16-12-13-18(20(14-16)32-2)23(28)21-22(17-10-6-7-11-19(17)26)27(25(30)24(21)29)15-8-4-3-5-9-15/h3-14,22,28H,1-2H3/b23-21+. The van der Waals surface area contributed by atoms with E-state index in [1.165, 1.54) is 43.4 Å². The molecule has 3 aromatic rings. The fourth-order valence-corrected chi connectivity index (χ4v) is 3.82. The highest BCUT2D eigenvalue weighted by Gasteiger charge is 2.48. The summed E-state index contributed by atoms with van der Waals surface area (Å²) in [5, 5.41) is 11.2. The quantitative estimate of drug-likeness (QED) is 0.365. The first-order chi connectivity index (χ1) is 15.5. The van der Waals surface area contributed by atoms with E-state index in [0.29, 0.717) is 11.4 Å². The molecule has 1 fully saturated rings. The first kappa shape index (κ1) is 21.1. The zero-order valence-electron chi connectivity index (χ0n) is 17.4. The Balaban J connectivity index is 1.98. The summed E-state index contributed by atoms with van der Waals surface area (Å²) in [6.45, 7) is 0. The maximum absolute atomic E-state index is 14.9. The number of hydrogen-bond donors (Lipinski definition) is 1. The third kappa shape index (κ3) is 3.47. The molecular weight excluding hydrogens is 413 g/mol. The van der Waals surface area contributed by atoms with Crippen molar-refractivity contribution >= 4 is 23.1 Å². The highest BCUT2D eigenvalue weighted by Crippen LogP contribution is 2.44. The van der Waals surface area contributed by atoms with Crippen LogP contribution in [0.5, 0.6) is 11.5 Å². The van der Waals surface area contributed by atoms with Gasteiger partial charge in [0.25, 0.3) is 11.7 Å². The van der Waals surface area contributed by atoms with Crippen LogP contribution >= 0.6 is 0 Å². The predicted molar refractivity (Wildman–Crippen MR) is 117 cm³/mol. The first-order valence-corrected chi connectivity index (χ1v) is 9.80. The normalized spacial score (nSPS) is 17.5. The van der Waals surface area contributed by atoms with Crippen molar-refractivity contribution in [3.63, 3.8) is 0 Å². The van der Waals surface area contributed by atoms with E-state index in [-0.39, 0.29) is 22.4 Å².